The van der Waals surface area contributed by atoms with Crippen LogP contribution in [0, 0.1) is 0 Å². The highest BCUT2D eigenvalue weighted by atomic mass is 28.4. The molecule has 0 aliphatic rings. The summed E-state index contributed by atoms with van der Waals surface area (Å²) < 4.78 is 36.7. The van der Waals surface area contributed by atoms with Crippen molar-refractivity contribution in [1.29, 1.82) is 0 Å². The van der Waals surface area contributed by atoms with E-state index < -0.39 is 17.6 Å². The summed E-state index contributed by atoms with van der Waals surface area (Å²) in [5.41, 5.74) is 1.03. The molecule has 0 aromatic carbocycles. The molecule has 0 amide bonds. The van der Waals surface area contributed by atoms with Gasteiger partial charge < -0.3 is 31.3 Å². The zero-order valence-corrected chi connectivity index (χ0v) is 19.3. The van der Waals surface area contributed by atoms with E-state index in [1.54, 1.807) is 42.7 Å². The molecule has 0 atom stereocenters. The van der Waals surface area contributed by atoms with Crippen molar-refractivity contribution in [2.75, 3.05) is 55.9 Å². The second-order valence-electron chi connectivity index (χ2n) is 5.45. The lowest BCUT2D eigenvalue weighted by atomic mass is 10.4. The Balaban J connectivity index is 0. The molecule has 0 N–H and O–H groups in total. The lowest BCUT2D eigenvalue weighted by Gasteiger charge is -2.24. The summed E-state index contributed by atoms with van der Waals surface area (Å²) in [5, 5.41) is 0. The first-order valence-corrected chi connectivity index (χ1v) is 12.2. The molecule has 0 aromatic heterocycles. The van der Waals surface area contributed by atoms with Crippen molar-refractivity contribution in [3.05, 3.63) is 12.2 Å². The standard InChI is InChI=1S/C10H22O4Si.C6H16O3Si/c1-10(2)9-14-7-6-8-15(11-3,12-4)13-5;1-5-6-10(7-2,8-3)9-4/h1,6-9H2,2-5H3;5-6H2,1-4H3. The molecular formula is C16H38O7Si2. The van der Waals surface area contributed by atoms with Gasteiger partial charge in [-0.3, -0.25) is 0 Å². The summed E-state index contributed by atoms with van der Waals surface area (Å²) >= 11 is 0. The zero-order valence-electron chi connectivity index (χ0n) is 17.3. The minimum absolute atomic E-state index is 0.613. The van der Waals surface area contributed by atoms with Crippen LogP contribution >= 0.6 is 0 Å². The van der Waals surface area contributed by atoms with Gasteiger partial charge >= 0.3 is 17.6 Å². The third kappa shape index (κ3) is 12.0. The van der Waals surface area contributed by atoms with Crippen molar-refractivity contribution in [3.63, 3.8) is 0 Å². The first-order chi connectivity index (χ1) is 11.8. The van der Waals surface area contributed by atoms with E-state index in [-0.39, 0.29) is 0 Å². The molecule has 7 nitrogen and oxygen atoms in total. The van der Waals surface area contributed by atoms with Crippen LogP contribution in [0.2, 0.25) is 12.1 Å². The van der Waals surface area contributed by atoms with Gasteiger partial charge in [0, 0.05) is 61.4 Å². The van der Waals surface area contributed by atoms with E-state index >= 15 is 0 Å². The summed E-state index contributed by atoms with van der Waals surface area (Å²) in [4.78, 5) is 0. The third-order valence-electron chi connectivity index (χ3n) is 3.54. The average Bonchev–Trinajstić information content (AvgIpc) is 2.64. The summed E-state index contributed by atoms with van der Waals surface area (Å²) in [7, 11) is 5.14. The van der Waals surface area contributed by atoms with Crippen LogP contribution in [0.3, 0.4) is 0 Å². The second kappa shape index (κ2) is 16.1. The predicted octanol–water partition coefficient (Wildman–Crippen LogP) is 3.12. The first-order valence-electron chi connectivity index (χ1n) is 8.37. The smallest absolute Gasteiger partial charge is 0.377 e. The van der Waals surface area contributed by atoms with Crippen molar-refractivity contribution < 1.29 is 31.3 Å². The van der Waals surface area contributed by atoms with Gasteiger partial charge in [-0.1, -0.05) is 25.5 Å². The molecule has 0 bridgehead atoms. The Kier molecular flexibility index (Phi) is 17.5. The Morgan fingerprint density at radius 3 is 1.44 bits per heavy atom. The Labute approximate surface area is 156 Å². The average molecular weight is 399 g/mol. The van der Waals surface area contributed by atoms with Crippen LogP contribution in [0.5, 0.6) is 0 Å². The minimum Gasteiger partial charge on any atom is -0.377 e. The van der Waals surface area contributed by atoms with Gasteiger partial charge in [-0.2, -0.15) is 0 Å². The highest BCUT2D eigenvalue weighted by Gasteiger charge is 2.37. The highest BCUT2D eigenvalue weighted by Crippen LogP contribution is 2.15. The van der Waals surface area contributed by atoms with E-state index in [9.17, 15) is 0 Å². The summed E-state index contributed by atoms with van der Waals surface area (Å²) in [6.07, 6.45) is 1.90. The molecule has 0 heterocycles. The van der Waals surface area contributed by atoms with Crippen molar-refractivity contribution in [2.45, 2.75) is 38.8 Å². The number of ether oxygens (including phenoxy) is 1. The molecule has 0 saturated carbocycles. The van der Waals surface area contributed by atoms with E-state index in [4.69, 9.17) is 31.3 Å². The molecule has 9 heteroatoms. The molecule has 0 rings (SSSR count). The van der Waals surface area contributed by atoms with Crippen LogP contribution < -0.4 is 0 Å². The fourth-order valence-electron chi connectivity index (χ4n) is 2.06. The van der Waals surface area contributed by atoms with Gasteiger partial charge in [-0.05, 0) is 13.3 Å². The van der Waals surface area contributed by atoms with Gasteiger partial charge in [0.05, 0.1) is 6.61 Å². The van der Waals surface area contributed by atoms with Crippen LogP contribution in [-0.4, -0.2) is 73.5 Å². The molecule has 0 unspecified atom stereocenters. The van der Waals surface area contributed by atoms with Crippen molar-refractivity contribution >= 4 is 17.6 Å². The van der Waals surface area contributed by atoms with E-state index in [1.807, 2.05) is 6.92 Å². The number of hydrogen-bond acceptors (Lipinski definition) is 7. The summed E-state index contributed by atoms with van der Waals surface area (Å²) in [5.74, 6) is 0. The lowest BCUT2D eigenvalue weighted by Crippen LogP contribution is -2.42. The maximum Gasteiger partial charge on any atom is 0.500 e. The topological polar surface area (TPSA) is 64.6 Å². The second-order valence-corrected chi connectivity index (χ2v) is 11.6. The van der Waals surface area contributed by atoms with Gasteiger partial charge in [0.25, 0.3) is 0 Å². The molecule has 152 valence electrons. The van der Waals surface area contributed by atoms with E-state index in [0.717, 1.165) is 30.5 Å². The van der Waals surface area contributed by atoms with Crippen LogP contribution in [0.1, 0.15) is 26.7 Å². The van der Waals surface area contributed by atoms with Crippen molar-refractivity contribution in [3.8, 4) is 0 Å². The quantitative estimate of drug-likeness (QED) is 0.253. The maximum atomic E-state index is 5.38. The fraction of sp³-hybridized carbons (Fsp3) is 0.875. The van der Waals surface area contributed by atoms with Crippen molar-refractivity contribution in [2.24, 2.45) is 0 Å². The predicted molar refractivity (Wildman–Crippen MR) is 104 cm³/mol. The molecule has 0 aromatic rings. The maximum absolute atomic E-state index is 5.38. The Bertz CT molecular complexity index is 305. The SMILES string of the molecule is C=C(C)COCCC[Si](OC)(OC)OC.CCC[Si](OC)(OC)OC. The summed E-state index contributed by atoms with van der Waals surface area (Å²) in [6.45, 7) is 9.08. The normalized spacial score (nSPS) is 11.8. The molecule has 25 heavy (non-hydrogen) atoms. The molecular weight excluding hydrogens is 360 g/mol. The van der Waals surface area contributed by atoms with Gasteiger partial charge in [-0.15, -0.1) is 0 Å². The third-order valence-corrected chi connectivity index (χ3v) is 9.35. The Morgan fingerprint density at radius 2 is 1.16 bits per heavy atom. The Morgan fingerprint density at radius 1 is 0.760 bits per heavy atom. The van der Waals surface area contributed by atoms with E-state index in [1.165, 1.54) is 0 Å². The van der Waals surface area contributed by atoms with E-state index in [2.05, 4.69) is 13.5 Å². The van der Waals surface area contributed by atoms with Gasteiger partial charge in [-0.25, -0.2) is 0 Å². The fourth-order valence-corrected chi connectivity index (χ4v) is 5.47. The Hall–Kier alpha value is -0.106. The molecule has 0 saturated heterocycles. The van der Waals surface area contributed by atoms with E-state index in [0.29, 0.717) is 13.2 Å². The number of hydrogen-bond donors (Lipinski definition) is 0. The van der Waals surface area contributed by atoms with Gasteiger partial charge in [0.15, 0.2) is 0 Å². The van der Waals surface area contributed by atoms with Crippen LogP contribution in [-0.2, 0) is 31.3 Å². The molecule has 0 radical (unpaired) electrons. The minimum atomic E-state index is -2.40. The van der Waals surface area contributed by atoms with Crippen LogP contribution in [0.25, 0.3) is 0 Å². The highest BCUT2D eigenvalue weighted by molar-refractivity contribution is 6.60. The van der Waals surface area contributed by atoms with Crippen LogP contribution in [0.15, 0.2) is 12.2 Å². The number of rotatable bonds is 14. The monoisotopic (exact) mass is 398 g/mol. The van der Waals surface area contributed by atoms with Gasteiger partial charge in [0.2, 0.25) is 0 Å². The largest absolute Gasteiger partial charge is 0.500 e. The molecule has 0 fully saturated rings. The summed E-state index contributed by atoms with van der Waals surface area (Å²) in [6, 6.07) is 1.66. The van der Waals surface area contributed by atoms with Crippen molar-refractivity contribution in [1.82, 2.24) is 0 Å². The molecule has 0 aliphatic carbocycles. The molecule has 0 aliphatic heterocycles. The van der Waals surface area contributed by atoms with Gasteiger partial charge in [0.1, 0.15) is 0 Å². The zero-order chi connectivity index (χ0) is 19.8. The molecule has 0 spiro atoms. The lowest BCUT2D eigenvalue weighted by molar-refractivity contribution is 0.113. The first kappa shape index (κ1) is 27.1. The van der Waals surface area contributed by atoms with Crippen LogP contribution in [0.4, 0.5) is 0 Å².